The average Bonchev–Trinajstić information content (AvgIpc) is 3.65. The van der Waals surface area contributed by atoms with Crippen molar-refractivity contribution in [3.63, 3.8) is 0 Å². The molecule has 0 bridgehead atoms. The molecule has 1 aromatic heterocycles. The molecule has 0 amide bonds. The Morgan fingerprint density at radius 3 is 2.39 bits per heavy atom. The van der Waals surface area contributed by atoms with Gasteiger partial charge in [-0.25, -0.2) is 4.98 Å². The van der Waals surface area contributed by atoms with Crippen LogP contribution in [0.25, 0.3) is 6.08 Å². The van der Waals surface area contributed by atoms with Gasteiger partial charge in [0.2, 0.25) is 0 Å². The summed E-state index contributed by atoms with van der Waals surface area (Å²) < 4.78 is 17.6. The molecule has 0 unspecified atom stereocenters. The number of aryl methyl sites for hydroxylation is 1. The molecule has 2 heterocycles. The maximum Gasteiger partial charge on any atom is 0.180 e. The number of allylic oxidation sites excluding steroid dienone is 1. The third kappa shape index (κ3) is 5.22. The highest BCUT2D eigenvalue weighted by Crippen LogP contribution is 2.23. The molecular formula is C25H23N3O3. The maximum absolute atomic E-state index is 5.96. The average molecular weight is 413 g/mol. The number of hydrogen-bond acceptors (Lipinski definition) is 6. The third-order valence-corrected chi connectivity index (χ3v) is 5.07. The number of hydrogen-bond donors (Lipinski definition) is 1. The molecule has 6 heteroatoms. The molecule has 0 saturated heterocycles. The molecule has 31 heavy (non-hydrogen) atoms. The minimum Gasteiger partial charge on any atom is -0.489 e. The van der Waals surface area contributed by atoms with Crippen LogP contribution >= 0.6 is 0 Å². The number of rotatable bonds is 9. The van der Waals surface area contributed by atoms with Crippen LogP contribution in [0.5, 0.6) is 17.2 Å². The summed E-state index contributed by atoms with van der Waals surface area (Å²) in [5, 5.41) is 3.88. The molecule has 1 aliphatic heterocycles. The summed E-state index contributed by atoms with van der Waals surface area (Å²) in [6, 6.07) is 19.7. The summed E-state index contributed by atoms with van der Waals surface area (Å²) in [4.78, 5) is 4.70. The fraction of sp³-hybridized carbons (Fsp3) is 0.200. The van der Waals surface area contributed by atoms with Gasteiger partial charge in [0.25, 0.3) is 0 Å². The molecule has 5 rings (SSSR count). The number of fused-ring (bicyclic) bond motifs is 1. The van der Waals surface area contributed by atoms with Crippen LogP contribution in [0.15, 0.2) is 71.8 Å². The molecular weight excluding hydrogens is 390 g/mol. The first-order valence-corrected chi connectivity index (χ1v) is 10.4. The summed E-state index contributed by atoms with van der Waals surface area (Å²) in [6.45, 7) is 1.32. The molecule has 2 aromatic carbocycles. The minimum absolute atomic E-state index is 0.421. The van der Waals surface area contributed by atoms with Crippen LogP contribution in [0.3, 0.4) is 0 Å². The molecule has 2 aliphatic rings. The Labute approximate surface area is 181 Å². The van der Waals surface area contributed by atoms with Gasteiger partial charge in [-0.05, 0) is 60.4 Å². The third-order valence-electron chi connectivity index (χ3n) is 5.07. The summed E-state index contributed by atoms with van der Waals surface area (Å²) in [5.41, 5.74) is 7.08. The van der Waals surface area contributed by atoms with Crippen LogP contribution in [0.4, 0.5) is 0 Å². The highest BCUT2D eigenvalue weighted by molar-refractivity contribution is 5.91. The normalized spacial score (nSPS) is 13.6. The number of nitrogens with one attached hydrogen (secondary N) is 1. The van der Waals surface area contributed by atoms with Crippen molar-refractivity contribution in [2.75, 3.05) is 6.61 Å². The van der Waals surface area contributed by atoms with Gasteiger partial charge in [-0.1, -0.05) is 30.3 Å². The van der Waals surface area contributed by atoms with Gasteiger partial charge >= 0.3 is 0 Å². The highest BCUT2D eigenvalue weighted by atomic mass is 16.5. The molecule has 1 N–H and O–H groups in total. The summed E-state index contributed by atoms with van der Waals surface area (Å²) in [6.07, 6.45) is 6.40. The van der Waals surface area contributed by atoms with Crippen LogP contribution < -0.4 is 19.6 Å². The summed E-state index contributed by atoms with van der Waals surface area (Å²) in [5.74, 6) is 3.16. The van der Waals surface area contributed by atoms with Crippen molar-refractivity contribution in [1.29, 1.82) is 0 Å². The number of benzene rings is 2. The second-order valence-electron chi connectivity index (χ2n) is 7.45. The number of ether oxygens (including phenoxy) is 3. The van der Waals surface area contributed by atoms with E-state index < -0.39 is 0 Å². The van der Waals surface area contributed by atoms with Gasteiger partial charge < -0.3 is 14.2 Å². The largest absolute Gasteiger partial charge is 0.489 e. The second-order valence-corrected chi connectivity index (χ2v) is 7.45. The summed E-state index contributed by atoms with van der Waals surface area (Å²) in [7, 11) is 0. The second kappa shape index (κ2) is 8.92. The van der Waals surface area contributed by atoms with Crippen LogP contribution in [-0.2, 0) is 19.6 Å². The Morgan fingerprint density at radius 2 is 1.55 bits per heavy atom. The fourth-order valence-electron chi connectivity index (χ4n) is 3.37. The predicted octanol–water partition coefficient (Wildman–Crippen LogP) is 4.49. The SMILES string of the molecule is C1=Cc2nc(COc3cccc(OCc4cccc(OCC5=NN5)c4)c3)ccc2CC1. The lowest BCUT2D eigenvalue weighted by Crippen LogP contribution is -2.07. The lowest BCUT2D eigenvalue weighted by molar-refractivity contribution is 0.287. The number of hydrazone groups is 1. The van der Waals surface area contributed by atoms with E-state index in [1.165, 1.54) is 5.56 Å². The lowest BCUT2D eigenvalue weighted by atomic mass is 10.0. The van der Waals surface area contributed by atoms with Crippen molar-refractivity contribution in [2.45, 2.75) is 26.1 Å². The van der Waals surface area contributed by atoms with Gasteiger partial charge in [0, 0.05) is 6.07 Å². The molecule has 1 aliphatic carbocycles. The number of amidine groups is 1. The van der Waals surface area contributed by atoms with E-state index in [-0.39, 0.29) is 0 Å². The van der Waals surface area contributed by atoms with Crippen LogP contribution in [-0.4, -0.2) is 17.4 Å². The Bertz CT molecular complexity index is 1140. The van der Waals surface area contributed by atoms with E-state index in [0.717, 1.165) is 52.9 Å². The van der Waals surface area contributed by atoms with E-state index >= 15 is 0 Å². The first kappa shape index (κ1) is 19.2. The molecule has 0 saturated carbocycles. The zero-order chi connectivity index (χ0) is 20.9. The topological polar surface area (TPSA) is 74.9 Å². The van der Waals surface area contributed by atoms with Gasteiger partial charge in [0.1, 0.15) is 37.1 Å². The zero-order valence-corrected chi connectivity index (χ0v) is 17.1. The van der Waals surface area contributed by atoms with Gasteiger partial charge in [-0.15, -0.1) is 0 Å². The van der Waals surface area contributed by atoms with Crippen LogP contribution in [0, 0.1) is 0 Å². The molecule has 0 spiro atoms. The van der Waals surface area contributed by atoms with E-state index in [9.17, 15) is 0 Å². The first-order valence-electron chi connectivity index (χ1n) is 10.4. The van der Waals surface area contributed by atoms with Gasteiger partial charge in [-0.3, -0.25) is 5.43 Å². The van der Waals surface area contributed by atoms with E-state index in [1.807, 2.05) is 54.6 Å². The minimum atomic E-state index is 0.421. The molecule has 0 fully saturated rings. The molecule has 6 nitrogen and oxygen atoms in total. The van der Waals surface area contributed by atoms with Gasteiger partial charge in [-0.2, -0.15) is 5.10 Å². The molecule has 0 atom stereocenters. The Balaban J connectivity index is 1.16. The number of pyridine rings is 1. The number of aromatic nitrogens is 1. The molecule has 156 valence electrons. The van der Waals surface area contributed by atoms with Crippen molar-refractivity contribution < 1.29 is 14.2 Å². The highest BCUT2D eigenvalue weighted by Gasteiger charge is 2.10. The lowest BCUT2D eigenvalue weighted by Gasteiger charge is -2.12. The molecule has 0 radical (unpaired) electrons. The van der Waals surface area contributed by atoms with Crippen LogP contribution in [0.2, 0.25) is 0 Å². The van der Waals surface area contributed by atoms with Gasteiger partial charge in [0.15, 0.2) is 5.84 Å². The Kier molecular flexibility index (Phi) is 5.52. The zero-order valence-electron chi connectivity index (χ0n) is 17.1. The fourth-order valence-corrected chi connectivity index (χ4v) is 3.37. The van der Waals surface area contributed by atoms with Crippen molar-refractivity contribution in [3.8, 4) is 17.2 Å². The van der Waals surface area contributed by atoms with E-state index in [2.05, 4.69) is 28.7 Å². The molecule has 3 aromatic rings. The van der Waals surface area contributed by atoms with Crippen LogP contribution in [0.1, 0.15) is 28.9 Å². The van der Waals surface area contributed by atoms with Crippen molar-refractivity contribution in [2.24, 2.45) is 5.10 Å². The number of nitrogens with zero attached hydrogens (tertiary/aromatic N) is 2. The standard InChI is InChI=1S/C25H23N3O3/c1-2-10-24-19(6-1)11-12-20(26-24)16-30-23-9-4-8-22(14-23)29-15-18-5-3-7-21(13-18)31-17-25-27-28-25/h2-5,7-14H,1,6,15-17H2,(H,27,28). The Hall–Kier alpha value is -3.80. The van der Waals surface area contributed by atoms with E-state index in [0.29, 0.717) is 19.8 Å². The van der Waals surface area contributed by atoms with E-state index in [4.69, 9.17) is 19.2 Å². The quantitative estimate of drug-likeness (QED) is 0.559. The van der Waals surface area contributed by atoms with Crippen molar-refractivity contribution >= 4 is 11.9 Å². The van der Waals surface area contributed by atoms with Crippen molar-refractivity contribution in [3.05, 3.63) is 89.3 Å². The van der Waals surface area contributed by atoms with Gasteiger partial charge in [0.05, 0.1) is 11.4 Å². The van der Waals surface area contributed by atoms with Crippen molar-refractivity contribution in [1.82, 2.24) is 10.4 Å². The first-order chi connectivity index (χ1) is 15.3. The van der Waals surface area contributed by atoms with E-state index in [1.54, 1.807) is 0 Å². The monoisotopic (exact) mass is 413 g/mol. The summed E-state index contributed by atoms with van der Waals surface area (Å²) >= 11 is 0. The predicted molar refractivity (Wildman–Crippen MR) is 119 cm³/mol. The smallest absolute Gasteiger partial charge is 0.180 e. The Morgan fingerprint density at radius 1 is 0.806 bits per heavy atom. The maximum atomic E-state index is 5.96.